The maximum atomic E-state index is 2.66. The van der Waals surface area contributed by atoms with Crippen LogP contribution < -0.4 is 0 Å². The molecule has 0 aromatic carbocycles. The minimum Gasteiger partial charge on any atom is -0.134 e. The number of rotatable bonds is 4. The molecule has 0 bridgehead atoms. The zero-order valence-electron chi connectivity index (χ0n) is 6.01. The Labute approximate surface area is 60.2 Å². The molecule has 0 heterocycles. The van der Waals surface area contributed by atoms with Crippen LogP contribution in [0.25, 0.3) is 0 Å². The average Bonchev–Trinajstić information content (AvgIpc) is 1.89. The van der Waals surface area contributed by atoms with E-state index in [9.17, 15) is 0 Å². The molecule has 1 unspecified atom stereocenters. The first-order valence-electron chi connectivity index (χ1n) is 3.43. The van der Waals surface area contributed by atoms with E-state index in [2.05, 4.69) is 40.5 Å². The molecule has 1 atom stereocenters. The van der Waals surface area contributed by atoms with Crippen LogP contribution in [-0.2, 0) is 0 Å². The van der Waals surface area contributed by atoms with Crippen molar-refractivity contribution in [1.29, 1.82) is 0 Å². The van der Waals surface area contributed by atoms with E-state index in [4.69, 9.17) is 0 Å². The summed E-state index contributed by atoms with van der Waals surface area (Å²) in [6.45, 7) is 2.18. The number of unbranched alkanes of at least 4 members (excludes halogenated alkanes) is 1. The van der Waals surface area contributed by atoms with E-state index in [-0.39, 0.29) is 0 Å². The lowest BCUT2D eigenvalue weighted by molar-refractivity contribution is 0.959. The zero-order chi connectivity index (χ0) is 6.95. The van der Waals surface area contributed by atoms with Crippen LogP contribution in [0.2, 0.25) is 0 Å². The van der Waals surface area contributed by atoms with Gasteiger partial charge in [0.25, 0.3) is 0 Å². The van der Waals surface area contributed by atoms with Gasteiger partial charge in [-0.3, -0.25) is 0 Å². The van der Waals surface area contributed by atoms with Gasteiger partial charge in [0.05, 0.1) is 0 Å². The molecule has 0 fully saturated rings. The van der Waals surface area contributed by atoms with Gasteiger partial charge in [0.1, 0.15) is 0 Å². The second kappa shape index (κ2) is 7.91. The Morgan fingerprint density at radius 2 is 1.89 bits per heavy atom. The van der Waals surface area contributed by atoms with Gasteiger partial charge in [-0.15, -0.1) is 9.24 Å². The van der Waals surface area contributed by atoms with E-state index in [0.29, 0.717) is 0 Å². The third kappa shape index (κ3) is 7.91. The van der Waals surface area contributed by atoms with Crippen LogP contribution in [-0.4, -0.2) is 6.16 Å². The third-order valence-corrected chi connectivity index (χ3v) is 1.25. The minimum atomic E-state index is 1.05. The fourth-order valence-corrected chi connectivity index (χ4v) is 0.656. The summed E-state index contributed by atoms with van der Waals surface area (Å²) in [7, 11) is 2.66. The Balaban J connectivity index is 3.13. The molecule has 0 aliphatic rings. The van der Waals surface area contributed by atoms with E-state index in [1.165, 1.54) is 12.8 Å². The van der Waals surface area contributed by atoms with E-state index >= 15 is 0 Å². The molecular weight excluding hydrogens is 127 g/mol. The standard InChI is InChI=1S/C8H15P/c1-2-3-4-5-6-7-8-9/h4-7H,2-3,8-9H2,1H3. The van der Waals surface area contributed by atoms with Crippen molar-refractivity contribution in [1.82, 2.24) is 0 Å². The maximum absolute atomic E-state index is 2.66. The van der Waals surface area contributed by atoms with E-state index < -0.39 is 0 Å². The van der Waals surface area contributed by atoms with Gasteiger partial charge in [0, 0.05) is 0 Å². The molecule has 0 aliphatic carbocycles. The van der Waals surface area contributed by atoms with Crippen molar-refractivity contribution < 1.29 is 0 Å². The summed E-state index contributed by atoms with van der Waals surface area (Å²) in [4.78, 5) is 0. The summed E-state index contributed by atoms with van der Waals surface area (Å²) in [5.41, 5.74) is 0. The monoisotopic (exact) mass is 142 g/mol. The molecule has 0 N–H and O–H groups in total. The average molecular weight is 142 g/mol. The lowest BCUT2D eigenvalue weighted by Gasteiger charge is -1.79. The van der Waals surface area contributed by atoms with Gasteiger partial charge in [-0.1, -0.05) is 37.6 Å². The van der Waals surface area contributed by atoms with Gasteiger partial charge in [-0.25, -0.2) is 0 Å². The first kappa shape index (κ1) is 8.91. The number of hydrogen-bond acceptors (Lipinski definition) is 0. The first-order valence-corrected chi connectivity index (χ1v) is 4.25. The van der Waals surface area contributed by atoms with Crippen LogP contribution in [0.4, 0.5) is 0 Å². The van der Waals surface area contributed by atoms with Crippen LogP contribution in [0, 0.1) is 0 Å². The smallest absolute Gasteiger partial charge is 0.0197 e. The maximum Gasteiger partial charge on any atom is -0.0197 e. The third-order valence-electron chi connectivity index (χ3n) is 0.975. The van der Waals surface area contributed by atoms with Gasteiger partial charge in [-0.05, 0) is 12.6 Å². The van der Waals surface area contributed by atoms with Crippen molar-refractivity contribution in [2.75, 3.05) is 6.16 Å². The van der Waals surface area contributed by atoms with Gasteiger partial charge in [0.15, 0.2) is 0 Å². The molecule has 0 nitrogen and oxygen atoms in total. The summed E-state index contributed by atoms with van der Waals surface area (Å²) >= 11 is 0. The van der Waals surface area contributed by atoms with Gasteiger partial charge in [-0.2, -0.15) is 0 Å². The highest BCUT2D eigenvalue weighted by Gasteiger charge is 1.68. The molecule has 0 radical (unpaired) electrons. The van der Waals surface area contributed by atoms with Gasteiger partial charge in [0.2, 0.25) is 0 Å². The normalized spacial score (nSPS) is 11.8. The second-order valence-corrected chi connectivity index (χ2v) is 2.35. The molecule has 0 spiro atoms. The molecule has 0 amide bonds. The second-order valence-electron chi connectivity index (χ2n) is 1.88. The first-order chi connectivity index (χ1) is 4.41. The molecule has 9 heavy (non-hydrogen) atoms. The van der Waals surface area contributed by atoms with Gasteiger partial charge >= 0.3 is 0 Å². The number of hydrogen-bond donors (Lipinski definition) is 0. The Morgan fingerprint density at radius 3 is 2.44 bits per heavy atom. The molecular formula is C8H15P. The molecule has 1 heteroatoms. The van der Waals surface area contributed by atoms with Crippen LogP contribution in [0.3, 0.4) is 0 Å². The predicted octanol–water partition coefficient (Wildman–Crippen LogP) is 2.77. The predicted molar refractivity (Wildman–Crippen MR) is 47.8 cm³/mol. The van der Waals surface area contributed by atoms with E-state index in [1.807, 2.05) is 0 Å². The molecule has 0 aliphatic heterocycles. The van der Waals surface area contributed by atoms with E-state index in [0.717, 1.165) is 6.16 Å². The Hall–Kier alpha value is -0.0900. The Morgan fingerprint density at radius 1 is 1.22 bits per heavy atom. The highest BCUT2D eigenvalue weighted by atomic mass is 31.0. The zero-order valence-corrected chi connectivity index (χ0v) is 7.16. The van der Waals surface area contributed by atoms with Crippen LogP contribution in [0.1, 0.15) is 19.8 Å². The molecule has 52 valence electrons. The van der Waals surface area contributed by atoms with Crippen molar-refractivity contribution in [3.8, 4) is 0 Å². The van der Waals surface area contributed by atoms with Gasteiger partial charge < -0.3 is 0 Å². The molecule has 0 saturated heterocycles. The quantitative estimate of drug-likeness (QED) is 0.418. The minimum absolute atomic E-state index is 1.05. The topological polar surface area (TPSA) is 0 Å². The van der Waals surface area contributed by atoms with Crippen molar-refractivity contribution in [3.63, 3.8) is 0 Å². The molecule has 0 rings (SSSR count). The highest BCUT2D eigenvalue weighted by Crippen LogP contribution is 1.89. The van der Waals surface area contributed by atoms with Crippen molar-refractivity contribution >= 4 is 9.24 Å². The number of allylic oxidation sites excluding steroid dienone is 4. The largest absolute Gasteiger partial charge is 0.134 e. The summed E-state index contributed by atoms with van der Waals surface area (Å²) < 4.78 is 0. The molecule has 0 aromatic rings. The fraction of sp³-hybridized carbons (Fsp3) is 0.500. The van der Waals surface area contributed by atoms with Crippen molar-refractivity contribution in [3.05, 3.63) is 24.3 Å². The van der Waals surface area contributed by atoms with Crippen LogP contribution in [0.5, 0.6) is 0 Å². The molecule has 0 saturated carbocycles. The SMILES string of the molecule is CCCC=CC=CCP. The summed E-state index contributed by atoms with van der Waals surface area (Å²) in [6.07, 6.45) is 12.0. The highest BCUT2D eigenvalue weighted by molar-refractivity contribution is 7.16. The summed E-state index contributed by atoms with van der Waals surface area (Å²) in [5, 5.41) is 0. The lowest BCUT2D eigenvalue weighted by Crippen LogP contribution is -1.59. The van der Waals surface area contributed by atoms with Crippen LogP contribution >= 0.6 is 9.24 Å². The Kier molecular flexibility index (Phi) is 7.83. The summed E-state index contributed by atoms with van der Waals surface area (Å²) in [6, 6.07) is 0. The lowest BCUT2D eigenvalue weighted by atomic mass is 10.3. The Bertz CT molecular complexity index is 92.7. The van der Waals surface area contributed by atoms with Crippen molar-refractivity contribution in [2.45, 2.75) is 19.8 Å². The fourth-order valence-electron chi connectivity index (χ4n) is 0.499. The summed E-state index contributed by atoms with van der Waals surface area (Å²) in [5.74, 6) is 0. The van der Waals surface area contributed by atoms with E-state index in [1.54, 1.807) is 0 Å². The van der Waals surface area contributed by atoms with Crippen LogP contribution in [0.15, 0.2) is 24.3 Å². The van der Waals surface area contributed by atoms with Crippen molar-refractivity contribution in [2.24, 2.45) is 0 Å². The molecule has 0 aromatic heterocycles.